The van der Waals surface area contributed by atoms with Crippen molar-refractivity contribution in [2.45, 2.75) is 39.7 Å². The van der Waals surface area contributed by atoms with Crippen LogP contribution < -0.4 is 5.32 Å². The van der Waals surface area contributed by atoms with E-state index in [0.29, 0.717) is 12.3 Å². The van der Waals surface area contributed by atoms with Crippen molar-refractivity contribution in [1.82, 2.24) is 5.32 Å². The van der Waals surface area contributed by atoms with Gasteiger partial charge < -0.3 is 10.4 Å². The Morgan fingerprint density at radius 1 is 1.31 bits per heavy atom. The summed E-state index contributed by atoms with van der Waals surface area (Å²) in [5.74, 6) is -0.803. The van der Waals surface area contributed by atoms with E-state index in [0.717, 1.165) is 6.42 Å². The summed E-state index contributed by atoms with van der Waals surface area (Å²) in [6, 6.07) is -0.736. The molecule has 0 aliphatic carbocycles. The van der Waals surface area contributed by atoms with Gasteiger partial charge in [-0.25, -0.2) is 4.79 Å². The normalized spacial score (nSPS) is 12.6. The van der Waals surface area contributed by atoms with Gasteiger partial charge in [-0.1, -0.05) is 13.8 Å². The highest BCUT2D eigenvalue weighted by Gasteiger charge is 2.17. The van der Waals surface area contributed by atoms with Crippen LogP contribution in [0.1, 0.15) is 33.6 Å². The highest BCUT2D eigenvalue weighted by atomic mass is 16.4. The minimum Gasteiger partial charge on any atom is -0.480 e. The minimum atomic E-state index is -0.962. The van der Waals surface area contributed by atoms with E-state index >= 15 is 0 Å². The first kappa shape index (κ1) is 11.9. The molecule has 0 fully saturated rings. The number of carboxylic acids is 1. The zero-order chi connectivity index (χ0) is 10.4. The first-order valence-electron chi connectivity index (χ1n) is 4.43. The molecule has 0 spiro atoms. The van der Waals surface area contributed by atoms with E-state index in [1.165, 1.54) is 6.92 Å². The van der Waals surface area contributed by atoms with Crippen LogP contribution in [0.25, 0.3) is 0 Å². The molecular formula is C9H17NO3. The van der Waals surface area contributed by atoms with Crippen molar-refractivity contribution < 1.29 is 14.7 Å². The van der Waals surface area contributed by atoms with Crippen molar-refractivity contribution in [3.63, 3.8) is 0 Å². The summed E-state index contributed by atoms with van der Waals surface area (Å²) in [6.45, 7) is 5.37. The number of rotatable bonds is 5. The fourth-order valence-electron chi connectivity index (χ4n) is 1.00. The maximum atomic E-state index is 10.6. The quantitative estimate of drug-likeness (QED) is 0.675. The molecule has 4 nitrogen and oxygen atoms in total. The smallest absolute Gasteiger partial charge is 0.326 e. The minimum absolute atomic E-state index is 0.295. The molecule has 0 radical (unpaired) electrons. The van der Waals surface area contributed by atoms with Crippen molar-refractivity contribution in [2.75, 3.05) is 0 Å². The number of amides is 1. The first-order chi connectivity index (χ1) is 5.93. The number of hydrogen-bond donors (Lipinski definition) is 2. The molecule has 0 bridgehead atoms. The Balaban J connectivity index is 3.95. The van der Waals surface area contributed by atoms with Crippen molar-refractivity contribution in [2.24, 2.45) is 5.92 Å². The number of carbonyl (C=O) groups is 2. The molecule has 4 heteroatoms. The summed E-state index contributed by atoms with van der Waals surface area (Å²) in [5, 5.41) is 11.1. The largest absolute Gasteiger partial charge is 0.480 e. The van der Waals surface area contributed by atoms with Gasteiger partial charge in [0.1, 0.15) is 6.04 Å². The number of aliphatic carboxylic acids is 1. The second-order valence-corrected chi connectivity index (χ2v) is 3.56. The Hall–Kier alpha value is -1.06. The fraction of sp³-hybridized carbons (Fsp3) is 0.778. The molecule has 0 saturated carbocycles. The van der Waals surface area contributed by atoms with Crippen molar-refractivity contribution in [1.29, 1.82) is 0 Å². The Morgan fingerprint density at radius 3 is 2.15 bits per heavy atom. The van der Waals surface area contributed by atoms with E-state index in [1.54, 1.807) is 0 Å². The standard InChI is InChI=1S/C9H17NO3/c1-6(2)4-5-8(9(12)13)10-7(3)11/h6,8H,4-5H2,1-3H3,(H,10,11)(H,12,13). The molecule has 2 N–H and O–H groups in total. The van der Waals surface area contributed by atoms with Crippen LogP contribution in [0.5, 0.6) is 0 Å². The predicted molar refractivity (Wildman–Crippen MR) is 49.3 cm³/mol. The van der Waals surface area contributed by atoms with E-state index in [1.807, 2.05) is 13.8 Å². The van der Waals surface area contributed by atoms with Gasteiger partial charge in [-0.3, -0.25) is 4.79 Å². The topological polar surface area (TPSA) is 66.4 Å². The SMILES string of the molecule is CC(=O)NC(CCC(C)C)C(=O)O. The fourth-order valence-corrected chi connectivity index (χ4v) is 1.00. The first-order valence-corrected chi connectivity index (χ1v) is 4.43. The van der Waals surface area contributed by atoms with Crippen molar-refractivity contribution in [3.05, 3.63) is 0 Å². The van der Waals surface area contributed by atoms with Gasteiger partial charge in [0.2, 0.25) is 5.91 Å². The van der Waals surface area contributed by atoms with Crippen LogP contribution in [0.2, 0.25) is 0 Å². The molecule has 0 aliphatic rings. The molecular weight excluding hydrogens is 170 g/mol. The molecule has 1 atom stereocenters. The molecule has 1 unspecified atom stereocenters. The van der Waals surface area contributed by atoms with E-state index in [9.17, 15) is 9.59 Å². The third-order valence-corrected chi connectivity index (χ3v) is 1.71. The molecule has 0 aromatic heterocycles. The third kappa shape index (κ3) is 6.13. The summed E-state index contributed by atoms with van der Waals surface area (Å²) in [6.07, 6.45) is 1.30. The summed E-state index contributed by atoms with van der Waals surface area (Å²) in [5.41, 5.74) is 0. The average molecular weight is 187 g/mol. The van der Waals surface area contributed by atoms with Crippen LogP contribution in [0.3, 0.4) is 0 Å². The second kappa shape index (κ2) is 5.56. The summed E-state index contributed by atoms with van der Waals surface area (Å²) < 4.78 is 0. The maximum Gasteiger partial charge on any atom is 0.326 e. The molecule has 13 heavy (non-hydrogen) atoms. The third-order valence-electron chi connectivity index (χ3n) is 1.71. The van der Waals surface area contributed by atoms with Gasteiger partial charge in [-0.2, -0.15) is 0 Å². The molecule has 0 rings (SSSR count). The number of carbonyl (C=O) groups excluding carboxylic acids is 1. The van der Waals surface area contributed by atoms with Gasteiger partial charge in [-0.05, 0) is 18.8 Å². The van der Waals surface area contributed by atoms with E-state index < -0.39 is 12.0 Å². The monoisotopic (exact) mass is 187 g/mol. The molecule has 0 aromatic carbocycles. The molecule has 76 valence electrons. The Bertz CT molecular complexity index is 189. The van der Waals surface area contributed by atoms with Crippen LogP contribution in [0, 0.1) is 5.92 Å². The molecule has 0 heterocycles. The van der Waals surface area contributed by atoms with Gasteiger partial charge in [0.15, 0.2) is 0 Å². The highest BCUT2D eigenvalue weighted by Crippen LogP contribution is 2.06. The van der Waals surface area contributed by atoms with Crippen LogP contribution in [-0.2, 0) is 9.59 Å². The van der Waals surface area contributed by atoms with Gasteiger partial charge in [0, 0.05) is 6.92 Å². The van der Waals surface area contributed by atoms with Gasteiger partial charge in [0.25, 0.3) is 0 Å². The van der Waals surface area contributed by atoms with E-state index in [4.69, 9.17) is 5.11 Å². The van der Waals surface area contributed by atoms with Crippen LogP contribution in [0.15, 0.2) is 0 Å². The zero-order valence-corrected chi connectivity index (χ0v) is 8.33. The Kier molecular flexibility index (Phi) is 5.11. The highest BCUT2D eigenvalue weighted by molar-refractivity contribution is 5.81. The second-order valence-electron chi connectivity index (χ2n) is 3.56. The lowest BCUT2D eigenvalue weighted by atomic mass is 10.0. The van der Waals surface area contributed by atoms with Gasteiger partial charge >= 0.3 is 5.97 Å². The number of hydrogen-bond acceptors (Lipinski definition) is 2. The van der Waals surface area contributed by atoms with Crippen molar-refractivity contribution in [3.8, 4) is 0 Å². The van der Waals surface area contributed by atoms with E-state index in [-0.39, 0.29) is 5.91 Å². The van der Waals surface area contributed by atoms with Crippen LogP contribution in [-0.4, -0.2) is 23.0 Å². The average Bonchev–Trinajstić information content (AvgIpc) is 1.96. The molecule has 0 aromatic rings. The molecule has 1 amide bonds. The van der Waals surface area contributed by atoms with Crippen LogP contribution in [0.4, 0.5) is 0 Å². The summed E-state index contributed by atoms with van der Waals surface area (Å²) in [4.78, 5) is 21.3. The van der Waals surface area contributed by atoms with Gasteiger partial charge in [0.05, 0.1) is 0 Å². The number of carboxylic acid groups (broad SMARTS) is 1. The lowest BCUT2D eigenvalue weighted by Crippen LogP contribution is -2.39. The van der Waals surface area contributed by atoms with E-state index in [2.05, 4.69) is 5.32 Å². The zero-order valence-electron chi connectivity index (χ0n) is 8.33. The lowest BCUT2D eigenvalue weighted by molar-refractivity contribution is -0.141. The molecule has 0 saturated heterocycles. The van der Waals surface area contributed by atoms with Crippen molar-refractivity contribution >= 4 is 11.9 Å². The predicted octanol–water partition coefficient (Wildman–Crippen LogP) is 1.01. The summed E-state index contributed by atoms with van der Waals surface area (Å²) >= 11 is 0. The Labute approximate surface area is 78.3 Å². The summed E-state index contributed by atoms with van der Waals surface area (Å²) in [7, 11) is 0. The van der Waals surface area contributed by atoms with Crippen LogP contribution >= 0.6 is 0 Å². The molecule has 0 aliphatic heterocycles. The Morgan fingerprint density at radius 2 is 1.85 bits per heavy atom. The lowest BCUT2D eigenvalue weighted by Gasteiger charge is -2.13. The number of nitrogens with one attached hydrogen (secondary N) is 1. The van der Waals surface area contributed by atoms with Gasteiger partial charge in [-0.15, -0.1) is 0 Å². The maximum absolute atomic E-state index is 10.6.